The van der Waals surface area contributed by atoms with Gasteiger partial charge in [0.05, 0.1) is 0 Å². The number of nitrogens with one attached hydrogen (secondary N) is 2. The Morgan fingerprint density at radius 2 is 1.80 bits per heavy atom. The number of carbonyl (C=O) groups is 2. The molecule has 1 saturated carbocycles. The highest BCUT2D eigenvalue weighted by molar-refractivity contribution is 9.10. The summed E-state index contributed by atoms with van der Waals surface area (Å²) in [6.45, 7) is 1.45. The SMILES string of the molecule is CC(=O)NC(C(=O)Nc1ccc(Br)cc1)C1CCCC1. The zero-order valence-corrected chi connectivity index (χ0v) is 13.1. The number of anilines is 1. The highest BCUT2D eigenvalue weighted by Crippen LogP contribution is 2.28. The summed E-state index contributed by atoms with van der Waals surface area (Å²) in [6, 6.07) is 6.98. The van der Waals surface area contributed by atoms with Crippen LogP contribution in [-0.4, -0.2) is 17.9 Å². The average Bonchev–Trinajstić information content (AvgIpc) is 2.92. The number of hydrogen-bond donors (Lipinski definition) is 2. The van der Waals surface area contributed by atoms with Gasteiger partial charge < -0.3 is 10.6 Å². The van der Waals surface area contributed by atoms with Gasteiger partial charge in [-0.15, -0.1) is 0 Å². The van der Waals surface area contributed by atoms with Gasteiger partial charge in [-0.25, -0.2) is 0 Å². The molecule has 0 spiro atoms. The second-order valence-electron chi connectivity index (χ2n) is 5.22. The van der Waals surface area contributed by atoms with Gasteiger partial charge in [-0.05, 0) is 43.0 Å². The summed E-state index contributed by atoms with van der Waals surface area (Å²) in [4.78, 5) is 23.7. The maximum Gasteiger partial charge on any atom is 0.247 e. The molecule has 4 nitrogen and oxygen atoms in total. The van der Waals surface area contributed by atoms with Crippen molar-refractivity contribution in [1.29, 1.82) is 0 Å². The number of carbonyl (C=O) groups excluding carboxylic acids is 2. The quantitative estimate of drug-likeness (QED) is 0.886. The number of rotatable bonds is 4. The van der Waals surface area contributed by atoms with Gasteiger partial charge in [0.1, 0.15) is 6.04 Å². The van der Waals surface area contributed by atoms with Crippen molar-refractivity contribution in [3.63, 3.8) is 0 Å². The summed E-state index contributed by atoms with van der Waals surface area (Å²) in [5.74, 6) is -0.0448. The van der Waals surface area contributed by atoms with E-state index in [9.17, 15) is 9.59 Å². The van der Waals surface area contributed by atoms with E-state index in [0.29, 0.717) is 0 Å². The summed E-state index contributed by atoms with van der Waals surface area (Å²) in [7, 11) is 0. The molecule has 1 aromatic rings. The zero-order chi connectivity index (χ0) is 14.5. The first-order valence-corrected chi connectivity index (χ1v) is 7.69. The first kappa shape index (κ1) is 15.0. The fourth-order valence-corrected chi connectivity index (χ4v) is 2.92. The molecule has 2 N–H and O–H groups in total. The first-order valence-electron chi connectivity index (χ1n) is 6.90. The number of hydrogen-bond acceptors (Lipinski definition) is 2. The average molecular weight is 339 g/mol. The molecule has 0 aliphatic heterocycles. The van der Waals surface area contributed by atoms with Gasteiger partial charge in [0.15, 0.2) is 0 Å². The monoisotopic (exact) mass is 338 g/mol. The van der Waals surface area contributed by atoms with Crippen LogP contribution in [0.4, 0.5) is 5.69 Å². The molecule has 0 radical (unpaired) electrons. The molecule has 1 aromatic carbocycles. The maximum absolute atomic E-state index is 12.4. The summed E-state index contributed by atoms with van der Waals surface area (Å²) in [5, 5.41) is 5.67. The van der Waals surface area contributed by atoms with Crippen LogP contribution in [0, 0.1) is 5.92 Å². The minimum absolute atomic E-state index is 0.130. The molecule has 0 heterocycles. The number of amides is 2. The Morgan fingerprint density at radius 3 is 2.35 bits per heavy atom. The molecule has 108 valence electrons. The molecule has 1 unspecified atom stereocenters. The second kappa shape index (κ2) is 6.88. The van der Waals surface area contributed by atoms with E-state index in [-0.39, 0.29) is 17.7 Å². The summed E-state index contributed by atoms with van der Waals surface area (Å²) >= 11 is 3.36. The maximum atomic E-state index is 12.4. The van der Waals surface area contributed by atoms with Crippen molar-refractivity contribution < 1.29 is 9.59 Å². The minimum atomic E-state index is -0.432. The van der Waals surface area contributed by atoms with E-state index in [2.05, 4.69) is 26.6 Å². The van der Waals surface area contributed by atoms with Gasteiger partial charge in [0.25, 0.3) is 0 Å². The second-order valence-corrected chi connectivity index (χ2v) is 6.13. The normalized spacial score (nSPS) is 16.7. The minimum Gasteiger partial charge on any atom is -0.344 e. The van der Waals surface area contributed by atoms with E-state index in [1.54, 1.807) is 0 Å². The van der Waals surface area contributed by atoms with Crippen molar-refractivity contribution in [1.82, 2.24) is 5.32 Å². The van der Waals surface area contributed by atoms with Gasteiger partial charge in [-0.3, -0.25) is 9.59 Å². The molecular weight excluding hydrogens is 320 g/mol. The molecule has 0 saturated heterocycles. The van der Waals surface area contributed by atoms with Crippen LogP contribution in [-0.2, 0) is 9.59 Å². The summed E-state index contributed by atoms with van der Waals surface area (Å²) < 4.78 is 0.963. The Bertz CT molecular complexity index is 481. The largest absolute Gasteiger partial charge is 0.344 e. The van der Waals surface area contributed by atoms with E-state index in [0.717, 1.165) is 35.8 Å². The lowest BCUT2D eigenvalue weighted by molar-refractivity contribution is -0.126. The van der Waals surface area contributed by atoms with Crippen LogP contribution < -0.4 is 10.6 Å². The predicted octanol–water partition coefficient (Wildman–Crippen LogP) is 3.08. The fourth-order valence-electron chi connectivity index (χ4n) is 2.66. The van der Waals surface area contributed by atoms with Crippen LogP contribution in [0.25, 0.3) is 0 Å². The van der Waals surface area contributed by atoms with Gasteiger partial charge in [0.2, 0.25) is 11.8 Å². The lowest BCUT2D eigenvalue weighted by Crippen LogP contribution is -2.47. The van der Waals surface area contributed by atoms with E-state index in [1.165, 1.54) is 6.92 Å². The van der Waals surface area contributed by atoms with Crippen molar-refractivity contribution in [2.75, 3.05) is 5.32 Å². The lowest BCUT2D eigenvalue weighted by atomic mass is 9.97. The molecule has 0 bridgehead atoms. The van der Waals surface area contributed by atoms with Crippen LogP contribution in [0.2, 0.25) is 0 Å². The van der Waals surface area contributed by atoms with E-state index in [4.69, 9.17) is 0 Å². The molecule has 2 amide bonds. The van der Waals surface area contributed by atoms with Crippen LogP contribution >= 0.6 is 15.9 Å². The van der Waals surface area contributed by atoms with E-state index < -0.39 is 6.04 Å². The smallest absolute Gasteiger partial charge is 0.247 e. The molecule has 1 aliphatic rings. The summed E-state index contributed by atoms with van der Waals surface area (Å²) in [5.41, 5.74) is 0.742. The third kappa shape index (κ3) is 4.07. The highest BCUT2D eigenvalue weighted by Gasteiger charge is 2.31. The Kier molecular flexibility index (Phi) is 5.17. The van der Waals surface area contributed by atoms with E-state index in [1.807, 2.05) is 24.3 Å². The first-order chi connectivity index (χ1) is 9.56. The summed E-state index contributed by atoms with van der Waals surface area (Å²) in [6.07, 6.45) is 4.26. The van der Waals surface area contributed by atoms with Gasteiger partial charge >= 0.3 is 0 Å². The van der Waals surface area contributed by atoms with Crippen molar-refractivity contribution in [2.45, 2.75) is 38.6 Å². The van der Waals surface area contributed by atoms with Gasteiger partial charge in [-0.1, -0.05) is 28.8 Å². The Balaban J connectivity index is 2.05. The molecule has 1 fully saturated rings. The van der Waals surface area contributed by atoms with Crippen LogP contribution in [0.5, 0.6) is 0 Å². The van der Waals surface area contributed by atoms with Crippen molar-refractivity contribution in [2.24, 2.45) is 5.92 Å². The fraction of sp³-hybridized carbons (Fsp3) is 0.467. The topological polar surface area (TPSA) is 58.2 Å². The third-order valence-electron chi connectivity index (χ3n) is 3.62. The molecule has 2 rings (SSSR count). The lowest BCUT2D eigenvalue weighted by Gasteiger charge is -2.23. The molecule has 0 aromatic heterocycles. The zero-order valence-electron chi connectivity index (χ0n) is 11.5. The van der Waals surface area contributed by atoms with Gasteiger partial charge in [-0.2, -0.15) is 0 Å². The Labute approximate surface area is 127 Å². The molecular formula is C15H19BrN2O2. The number of benzene rings is 1. The predicted molar refractivity (Wildman–Crippen MR) is 82.3 cm³/mol. The number of halogens is 1. The van der Waals surface area contributed by atoms with Crippen LogP contribution in [0.15, 0.2) is 28.7 Å². The standard InChI is InChI=1S/C15H19BrN2O2/c1-10(19)17-14(11-4-2-3-5-11)15(20)18-13-8-6-12(16)7-9-13/h6-9,11,14H,2-5H2,1H3,(H,17,19)(H,18,20). The van der Waals surface area contributed by atoms with Crippen LogP contribution in [0.1, 0.15) is 32.6 Å². The van der Waals surface area contributed by atoms with Crippen molar-refractivity contribution in [3.05, 3.63) is 28.7 Å². The Hall–Kier alpha value is -1.36. The van der Waals surface area contributed by atoms with Crippen molar-refractivity contribution >= 4 is 33.4 Å². The van der Waals surface area contributed by atoms with Gasteiger partial charge in [0, 0.05) is 17.1 Å². The highest BCUT2D eigenvalue weighted by atomic mass is 79.9. The van der Waals surface area contributed by atoms with Crippen LogP contribution in [0.3, 0.4) is 0 Å². The molecule has 20 heavy (non-hydrogen) atoms. The molecule has 5 heteroatoms. The third-order valence-corrected chi connectivity index (χ3v) is 4.15. The van der Waals surface area contributed by atoms with Crippen molar-refractivity contribution in [3.8, 4) is 0 Å². The Morgan fingerprint density at radius 1 is 1.20 bits per heavy atom. The molecule has 1 atom stereocenters. The van der Waals surface area contributed by atoms with E-state index >= 15 is 0 Å². The molecule has 1 aliphatic carbocycles.